The van der Waals surface area contributed by atoms with Gasteiger partial charge < -0.3 is 15.0 Å². The quantitative estimate of drug-likeness (QED) is 0.869. The van der Waals surface area contributed by atoms with Gasteiger partial charge in [-0.05, 0) is 24.3 Å². The smallest absolute Gasteiger partial charge is 0.260 e. The van der Waals surface area contributed by atoms with E-state index in [1.165, 1.54) is 11.3 Å². The zero-order valence-corrected chi connectivity index (χ0v) is 14.4. The summed E-state index contributed by atoms with van der Waals surface area (Å²) in [5.74, 6) is -0.0522. The third-order valence-electron chi connectivity index (χ3n) is 3.16. The summed E-state index contributed by atoms with van der Waals surface area (Å²) in [5, 5.41) is 2.54. The first-order valence-electron chi connectivity index (χ1n) is 6.93. The molecule has 2 amide bonds. The first-order chi connectivity index (χ1) is 11.0. The van der Waals surface area contributed by atoms with Gasteiger partial charge in [-0.1, -0.05) is 23.7 Å². The van der Waals surface area contributed by atoms with E-state index >= 15 is 0 Å². The van der Waals surface area contributed by atoms with Gasteiger partial charge in [-0.25, -0.2) is 0 Å². The lowest BCUT2D eigenvalue weighted by atomic mass is 10.2. The fourth-order valence-corrected chi connectivity index (χ4v) is 3.06. The standard InChI is InChI=1S/C16H17ClN2O3S/c1-18-16(21)12-5-3-4-6-13(12)22-10-15(20)19(2)9-11-7-8-14(17)23-11/h3-8H,9-10H2,1-2H3,(H,18,21). The van der Waals surface area contributed by atoms with E-state index < -0.39 is 0 Å². The van der Waals surface area contributed by atoms with Gasteiger partial charge in [0.15, 0.2) is 6.61 Å². The van der Waals surface area contributed by atoms with Gasteiger partial charge >= 0.3 is 0 Å². The molecule has 0 spiro atoms. The number of nitrogens with zero attached hydrogens (tertiary/aromatic N) is 1. The van der Waals surface area contributed by atoms with Crippen molar-refractivity contribution < 1.29 is 14.3 Å². The summed E-state index contributed by atoms with van der Waals surface area (Å²) < 4.78 is 6.20. The molecule has 1 aromatic carbocycles. The van der Waals surface area contributed by atoms with Gasteiger partial charge in [0.05, 0.1) is 16.4 Å². The molecule has 0 saturated carbocycles. The summed E-state index contributed by atoms with van der Waals surface area (Å²) in [6, 6.07) is 10.5. The van der Waals surface area contributed by atoms with E-state index in [0.29, 0.717) is 22.2 Å². The van der Waals surface area contributed by atoms with Gasteiger partial charge in [0.2, 0.25) is 0 Å². The van der Waals surface area contributed by atoms with Gasteiger partial charge in [0.1, 0.15) is 5.75 Å². The number of amides is 2. The Kier molecular flexibility index (Phi) is 6.01. The zero-order chi connectivity index (χ0) is 16.8. The van der Waals surface area contributed by atoms with Gasteiger partial charge in [-0.3, -0.25) is 9.59 Å². The van der Waals surface area contributed by atoms with Crippen molar-refractivity contribution in [3.8, 4) is 5.75 Å². The second-order valence-electron chi connectivity index (χ2n) is 4.82. The molecule has 2 rings (SSSR count). The molecular formula is C16H17ClN2O3S. The average Bonchev–Trinajstić information content (AvgIpc) is 2.96. The Balaban J connectivity index is 1.95. The van der Waals surface area contributed by atoms with Crippen LogP contribution in [0.25, 0.3) is 0 Å². The molecule has 122 valence electrons. The molecule has 2 aromatic rings. The van der Waals surface area contributed by atoms with E-state index in [9.17, 15) is 9.59 Å². The van der Waals surface area contributed by atoms with Crippen molar-refractivity contribution in [3.05, 3.63) is 51.2 Å². The third kappa shape index (κ3) is 4.71. The molecule has 0 bridgehead atoms. The van der Waals surface area contributed by atoms with Crippen LogP contribution in [0.1, 0.15) is 15.2 Å². The largest absolute Gasteiger partial charge is 0.483 e. The lowest BCUT2D eigenvalue weighted by molar-refractivity contribution is -0.132. The third-order valence-corrected chi connectivity index (χ3v) is 4.37. The second-order valence-corrected chi connectivity index (χ2v) is 6.62. The molecule has 1 N–H and O–H groups in total. The van der Waals surface area contributed by atoms with E-state index in [2.05, 4.69) is 5.32 Å². The highest BCUT2D eigenvalue weighted by Crippen LogP contribution is 2.22. The number of hydrogen-bond donors (Lipinski definition) is 1. The van der Waals surface area contributed by atoms with E-state index in [4.69, 9.17) is 16.3 Å². The van der Waals surface area contributed by atoms with E-state index in [1.807, 2.05) is 6.07 Å². The highest BCUT2D eigenvalue weighted by atomic mass is 35.5. The second kappa shape index (κ2) is 7.99. The van der Waals surface area contributed by atoms with Crippen LogP contribution in [-0.2, 0) is 11.3 Å². The monoisotopic (exact) mass is 352 g/mol. The Hall–Kier alpha value is -2.05. The van der Waals surface area contributed by atoms with Crippen LogP contribution >= 0.6 is 22.9 Å². The van der Waals surface area contributed by atoms with Crippen LogP contribution in [0.2, 0.25) is 4.34 Å². The van der Waals surface area contributed by atoms with E-state index in [1.54, 1.807) is 49.3 Å². The van der Waals surface area contributed by atoms with Crippen molar-refractivity contribution in [2.75, 3.05) is 20.7 Å². The van der Waals surface area contributed by atoms with E-state index in [0.717, 1.165) is 4.88 Å². The average molecular weight is 353 g/mol. The number of nitrogens with one attached hydrogen (secondary N) is 1. The predicted molar refractivity (Wildman–Crippen MR) is 91.1 cm³/mol. The zero-order valence-electron chi connectivity index (χ0n) is 12.8. The Morgan fingerprint density at radius 2 is 2.00 bits per heavy atom. The first-order valence-corrected chi connectivity index (χ1v) is 8.12. The van der Waals surface area contributed by atoms with Crippen LogP contribution in [0.3, 0.4) is 0 Å². The molecule has 0 atom stereocenters. The van der Waals surface area contributed by atoms with Crippen LogP contribution in [0.4, 0.5) is 0 Å². The fourth-order valence-electron chi connectivity index (χ4n) is 1.92. The summed E-state index contributed by atoms with van der Waals surface area (Å²) in [6.45, 7) is 0.334. The number of rotatable bonds is 6. The van der Waals surface area contributed by atoms with Gasteiger partial charge in [0.25, 0.3) is 11.8 Å². The van der Waals surface area contributed by atoms with Crippen LogP contribution in [0.15, 0.2) is 36.4 Å². The minimum atomic E-state index is -0.255. The molecule has 0 fully saturated rings. The summed E-state index contributed by atoms with van der Waals surface area (Å²) in [5.41, 5.74) is 0.399. The van der Waals surface area contributed by atoms with Crippen LogP contribution in [-0.4, -0.2) is 37.4 Å². The van der Waals surface area contributed by atoms with Gasteiger partial charge in [0, 0.05) is 19.0 Å². The SMILES string of the molecule is CNC(=O)c1ccccc1OCC(=O)N(C)Cc1ccc(Cl)s1. The number of thiophene rings is 1. The number of benzene rings is 1. The number of para-hydroxylation sites is 1. The van der Waals surface area contributed by atoms with Crippen molar-refractivity contribution in [2.45, 2.75) is 6.54 Å². The fraction of sp³-hybridized carbons (Fsp3) is 0.250. The Morgan fingerprint density at radius 3 is 2.65 bits per heavy atom. The van der Waals surface area contributed by atoms with Crippen molar-refractivity contribution in [1.29, 1.82) is 0 Å². The van der Waals surface area contributed by atoms with Crippen LogP contribution in [0.5, 0.6) is 5.75 Å². The number of hydrogen-bond acceptors (Lipinski definition) is 4. The number of carbonyl (C=O) groups is 2. The molecule has 5 nitrogen and oxygen atoms in total. The molecule has 0 radical (unpaired) electrons. The van der Waals surface area contributed by atoms with Crippen molar-refractivity contribution in [2.24, 2.45) is 0 Å². The number of likely N-dealkylation sites (N-methyl/N-ethyl adjacent to an activating group) is 1. The lowest BCUT2D eigenvalue weighted by Gasteiger charge is -2.17. The Morgan fingerprint density at radius 1 is 1.26 bits per heavy atom. The summed E-state index contributed by atoms with van der Waals surface area (Å²) in [6.07, 6.45) is 0. The molecule has 7 heteroatoms. The highest BCUT2D eigenvalue weighted by Gasteiger charge is 2.14. The maximum absolute atomic E-state index is 12.2. The number of halogens is 1. The normalized spacial score (nSPS) is 10.2. The predicted octanol–water partition coefficient (Wildman–Crippen LogP) is 2.80. The molecule has 1 aromatic heterocycles. The summed E-state index contributed by atoms with van der Waals surface area (Å²) >= 11 is 7.31. The van der Waals surface area contributed by atoms with Crippen LogP contribution in [0, 0.1) is 0 Å². The molecule has 0 aliphatic carbocycles. The highest BCUT2D eigenvalue weighted by molar-refractivity contribution is 7.16. The molecule has 1 heterocycles. The molecule has 0 aliphatic heterocycles. The minimum absolute atomic E-state index is 0.135. The topological polar surface area (TPSA) is 58.6 Å². The summed E-state index contributed by atoms with van der Waals surface area (Å²) in [7, 11) is 3.24. The van der Waals surface area contributed by atoms with Crippen LogP contribution < -0.4 is 10.1 Å². The number of carbonyl (C=O) groups excluding carboxylic acids is 2. The lowest BCUT2D eigenvalue weighted by Crippen LogP contribution is -2.31. The summed E-state index contributed by atoms with van der Waals surface area (Å²) in [4.78, 5) is 26.5. The maximum Gasteiger partial charge on any atom is 0.260 e. The van der Waals surface area contributed by atoms with E-state index in [-0.39, 0.29) is 18.4 Å². The molecule has 0 saturated heterocycles. The molecule has 0 unspecified atom stereocenters. The Labute approximate surface area is 143 Å². The number of ether oxygens (including phenoxy) is 1. The molecular weight excluding hydrogens is 336 g/mol. The maximum atomic E-state index is 12.2. The van der Waals surface area contributed by atoms with Crippen molar-refractivity contribution >= 4 is 34.8 Å². The van der Waals surface area contributed by atoms with Crippen molar-refractivity contribution in [3.63, 3.8) is 0 Å². The molecule has 0 aliphatic rings. The minimum Gasteiger partial charge on any atom is -0.483 e. The first kappa shape index (κ1) is 17.3. The van der Waals surface area contributed by atoms with Crippen molar-refractivity contribution in [1.82, 2.24) is 10.2 Å². The van der Waals surface area contributed by atoms with Gasteiger partial charge in [-0.15, -0.1) is 11.3 Å². The Bertz CT molecular complexity index is 702. The molecule has 23 heavy (non-hydrogen) atoms. The van der Waals surface area contributed by atoms with Gasteiger partial charge in [-0.2, -0.15) is 0 Å².